The zero-order chi connectivity index (χ0) is 17.4. The number of amides is 1. The number of hydrogen-bond acceptors (Lipinski definition) is 4. The Balaban J connectivity index is 1.39. The molecule has 2 aliphatic heterocycles. The molecular formula is C19H23FN4O. The third kappa shape index (κ3) is 3.21. The van der Waals surface area contributed by atoms with Gasteiger partial charge in [-0.1, -0.05) is 6.07 Å². The SMILES string of the molecule is N#Cc1cccc(N2C[C@H]3CC[C@H](NC(=O)[C@@H]4CC(F)CN4)[C@H]3C2)c1. The second-order valence-corrected chi connectivity index (χ2v) is 7.48. The Labute approximate surface area is 147 Å². The minimum Gasteiger partial charge on any atom is -0.371 e. The van der Waals surface area contributed by atoms with Gasteiger partial charge in [0.15, 0.2) is 0 Å². The van der Waals surface area contributed by atoms with Crippen LogP contribution < -0.4 is 15.5 Å². The number of carbonyl (C=O) groups excluding carboxylic acids is 1. The summed E-state index contributed by atoms with van der Waals surface area (Å²) in [5.74, 6) is 0.939. The molecule has 1 saturated carbocycles. The molecule has 0 spiro atoms. The molecule has 5 nitrogen and oxygen atoms in total. The maximum absolute atomic E-state index is 13.3. The van der Waals surface area contributed by atoms with E-state index >= 15 is 0 Å². The van der Waals surface area contributed by atoms with E-state index in [1.165, 1.54) is 0 Å². The van der Waals surface area contributed by atoms with Gasteiger partial charge < -0.3 is 15.5 Å². The van der Waals surface area contributed by atoms with Crippen LogP contribution in [0.1, 0.15) is 24.8 Å². The van der Waals surface area contributed by atoms with Crippen LogP contribution in [0.25, 0.3) is 0 Å². The Morgan fingerprint density at radius 3 is 3.00 bits per heavy atom. The summed E-state index contributed by atoms with van der Waals surface area (Å²) in [5.41, 5.74) is 1.75. The first-order valence-corrected chi connectivity index (χ1v) is 9.07. The second-order valence-electron chi connectivity index (χ2n) is 7.48. The van der Waals surface area contributed by atoms with Crippen LogP contribution in [0.15, 0.2) is 24.3 Å². The first-order valence-electron chi connectivity index (χ1n) is 9.07. The highest BCUT2D eigenvalue weighted by atomic mass is 19.1. The predicted molar refractivity (Wildman–Crippen MR) is 92.8 cm³/mol. The number of fused-ring (bicyclic) bond motifs is 1. The molecule has 1 aliphatic carbocycles. The predicted octanol–water partition coefficient (Wildman–Crippen LogP) is 1.59. The average Bonchev–Trinajstić information content (AvgIpc) is 3.32. The average molecular weight is 342 g/mol. The van der Waals surface area contributed by atoms with Gasteiger partial charge in [-0.05, 0) is 37.0 Å². The standard InChI is InChI=1S/C19H23FN4O/c20-14-7-18(22-9-14)19(25)23-17-5-4-13-10-24(11-16(13)17)15-3-1-2-12(6-15)8-21/h1-3,6,13-14,16-18,22H,4-5,7,9-11H2,(H,23,25)/t13-,14?,16+,17+,18+/m1/s1. The van der Waals surface area contributed by atoms with E-state index in [1.54, 1.807) is 0 Å². The third-order valence-electron chi connectivity index (χ3n) is 5.92. The summed E-state index contributed by atoms with van der Waals surface area (Å²) < 4.78 is 13.3. The molecule has 132 valence electrons. The number of nitrogens with zero attached hydrogens (tertiary/aromatic N) is 2. The van der Waals surface area contributed by atoms with Gasteiger partial charge in [0.2, 0.25) is 5.91 Å². The number of hydrogen-bond donors (Lipinski definition) is 2. The molecule has 3 aliphatic rings. The van der Waals surface area contributed by atoms with E-state index in [4.69, 9.17) is 5.26 Å². The Kier molecular flexibility index (Phi) is 4.34. The fraction of sp³-hybridized carbons (Fsp3) is 0.579. The molecule has 25 heavy (non-hydrogen) atoms. The number of rotatable bonds is 3. The van der Waals surface area contributed by atoms with Gasteiger partial charge in [0, 0.05) is 43.7 Å². The molecule has 1 unspecified atom stereocenters. The van der Waals surface area contributed by atoms with Gasteiger partial charge in [0.25, 0.3) is 0 Å². The number of benzene rings is 1. The molecule has 2 N–H and O–H groups in total. The minimum absolute atomic E-state index is 0.0595. The zero-order valence-electron chi connectivity index (χ0n) is 14.1. The van der Waals surface area contributed by atoms with E-state index in [1.807, 2.05) is 24.3 Å². The van der Waals surface area contributed by atoms with Crippen LogP contribution in [0.4, 0.5) is 10.1 Å². The van der Waals surface area contributed by atoms with Crippen molar-refractivity contribution in [3.8, 4) is 6.07 Å². The van der Waals surface area contributed by atoms with Crippen LogP contribution >= 0.6 is 0 Å². The molecule has 4 rings (SSSR count). The van der Waals surface area contributed by atoms with Crippen LogP contribution in [0.5, 0.6) is 0 Å². The van der Waals surface area contributed by atoms with Crippen LogP contribution in [-0.2, 0) is 4.79 Å². The second kappa shape index (κ2) is 6.64. The maximum atomic E-state index is 13.3. The minimum atomic E-state index is -0.915. The summed E-state index contributed by atoms with van der Waals surface area (Å²) in [5, 5.41) is 15.2. The van der Waals surface area contributed by atoms with Gasteiger partial charge in [-0.15, -0.1) is 0 Å². The topological polar surface area (TPSA) is 68.2 Å². The van der Waals surface area contributed by atoms with E-state index in [2.05, 4.69) is 21.6 Å². The summed E-state index contributed by atoms with van der Waals surface area (Å²) in [7, 11) is 0. The molecule has 6 heteroatoms. The van der Waals surface area contributed by atoms with Crippen molar-refractivity contribution < 1.29 is 9.18 Å². The fourth-order valence-electron chi connectivity index (χ4n) is 4.60. The van der Waals surface area contributed by atoms with Crippen molar-refractivity contribution in [2.24, 2.45) is 11.8 Å². The normalized spacial score (nSPS) is 33.9. The smallest absolute Gasteiger partial charge is 0.237 e. The Morgan fingerprint density at radius 1 is 1.36 bits per heavy atom. The van der Waals surface area contributed by atoms with Crippen LogP contribution in [0.3, 0.4) is 0 Å². The van der Waals surface area contributed by atoms with Crippen molar-refractivity contribution in [2.75, 3.05) is 24.5 Å². The lowest BCUT2D eigenvalue weighted by molar-refractivity contribution is -0.123. The van der Waals surface area contributed by atoms with E-state index in [9.17, 15) is 9.18 Å². The number of carbonyl (C=O) groups is 1. The highest BCUT2D eigenvalue weighted by Crippen LogP contribution is 2.40. The van der Waals surface area contributed by atoms with Gasteiger partial charge >= 0.3 is 0 Å². The number of anilines is 1. The van der Waals surface area contributed by atoms with Crippen molar-refractivity contribution in [1.29, 1.82) is 5.26 Å². The summed E-state index contributed by atoms with van der Waals surface area (Å²) >= 11 is 0. The molecule has 3 fully saturated rings. The fourth-order valence-corrected chi connectivity index (χ4v) is 4.60. The van der Waals surface area contributed by atoms with E-state index in [0.717, 1.165) is 31.6 Å². The molecule has 5 atom stereocenters. The van der Waals surface area contributed by atoms with Gasteiger partial charge in [-0.2, -0.15) is 5.26 Å². The quantitative estimate of drug-likeness (QED) is 0.875. The molecule has 0 radical (unpaired) electrons. The lowest BCUT2D eigenvalue weighted by Gasteiger charge is -2.24. The Bertz CT molecular complexity index is 703. The lowest BCUT2D eigenvalue weighted by Crippen LogP contribution is -2.47. The van der Waals surface area contributed by atoms with Gasteiger partial charge in [0.1, 0.15) is 6.17 Å². The van der Waals surface area contributed by atoms with Gasteiger partial charge in [-0.3, -0.25) is 4.79 Å². The van der Waals surface area contributed by atoms with Crippen molar-refractivity contribution >= 4 is 11.6 Å². The first kappa shape index (κ1) is 16.3. The Hall–Kier alpha value is -2.13. The highest BCUT2D eigenvalue weighted by Gasteiger charge is 2.44. The van der Waals surface area contributed by atoms with Crippen LogP contribution in [-0.4, -0.2) is 43.8 Å². The largest absolute Gasteiger partial charge is 0.371 e. The van der Waals surface area contributed by atoms with Crippen molar-refractivity contribution in [1.82, 2.24) is 10.6 Å². The Morgan fingerprint density at radius 2 is 2.24 bits per heavy atom. The van der Waals surface area contributed by atoms with E-state index in [0.29, 0.717) is 17.4 Å². The lowest BCUT2D eigenvalue weighted by atomic mass is 9.97. The van der Waals surface area contributed by atoms with Crippen molar-refractivity contribution in [2.45, 2.75) is 37.5 Å². The number of nitrogens with one attached hydrogen (secondary N) is 2. The molecule has 2 saturated heterocycles. The van der Waals surface area contributed by atoms with E-state index < -0.39 is 6.17 Å². The summed E-state index contributed by atoms with van der Waals surface area (Å²) in [4.78, 5) is 14.7. The number of nitriles is 1. The third-order valence-corrected chi connectivity index (χ3v) is 5.92. The molecule has 1 amide bonds. The number of alkyl halides is 1. The van der Waals surface area contributed by atoms with Crippen molar-refractivity contribution in [3.63, 3.8) is 0 Å². The molecule has 0 aromatic heterocycles. The molecular weight excluding hydrogens is 319 g/mol. The maximum Gasteiger partial charge on any atom is 0.237 e. The summed E-state index contributed by atoms with van der Waals surface area (Å²) in [6.07, 6.45) is 1.47. The summed E-state index contributed by atoms with van der Waals surface area (Å²) in [6, 6.07) is 9.67. The van der Waals surface area contributed by atoms with E-state index in [-0.39, 0.29) is 31.0 Å². The van der Waals surface area contributed by atoms with Gasteiger partial charge in [-0.25, -0.2) is 4.39 Å². The molecule has 1 aromatic rings. The van der Waals surface area contributed by atoms with Crippen LogP contribution in [0, 0.1) is 23.2 Å². The zero-order valence-corrected chi connectivity index (χ0v) is 14.1. The van der Waals surface area contributed by atoms with Gasteiger partial charge in [0.05, 0.1) is 17.7 Å². The molecule has 0 bridgehead atoms. The number of halogens is 1. The monoisotopic (exact) mass is 342 g/mol. The molecule has 2 heterocycles. The highest BCUT2D eigenvalue weighted by molar-refractivity contribution is 5.82. The summed E-state index contributed by atoms with van der Waals surface area (Å²) in [6.45, 7) is 2.15. The molecule has 1 aromatic carbocycles. The van der Waals surface area contributed by atoms with Crippen LogP contribution in [0.2, 0.25) is 0 Å². The van der Waals surface area contributed by atoms with Crippen molar-refractivity contribution in [3.05, 3.63) is 29.8 Å². The first-order chi connectivity index (χ1) is 12.1.